The van der Waals surface area contributed by atoms with Crippen molar-refractivity contribution in [3.05, 3.63) is 46.1 Å². The van der Waals surface area contributed by atoms with Crippen LogP contribution in [0.1, 0.15) is 31.1 Å². The van der Waals surface area contributed by atoms with E-state index in [0.717, 1.165) is 23.6 Å². The highest BCUT2D eigenvalue weighted by Gasteiger charge is 2.20. The lowest BCUT2D eigenvalue weighted by atomic mass is 10.1. The fourth-order valence-corrected chi connectivity index (χ4v) is 2.82. The fraction of sp³-hybridized carbons (Fsp3) is 0.438. The standard InChI is InChI=1S/C16H21Cl2N5/c1-5-23(11(2)14-8-12(17)6-7-19-14)9-13-15(18)20-10-21-16(13)22(3)4/h6-8,10-11H,5,9H2,1-4H3. The minimum Gasteiger partial charge on any atom is -0.362 e. The van der Waals surface area contributed by atoms with Gasteiger partial charge in [-0.3, -0.25) is 9.88 Å². The number of nitrogens with zero attached hydrogens (tertiary/aromatic N) is 5. The van der Waals surface area contributed by atoms with E-state index in [-0.39, 0.29) is 6.04 Å². The van der Waals surface area contributed by atoms with Crippen molar-refractivity contribution in [2.24, 2.45) is 0 Å². The van der Waals surface area contributed by atoms with E-state index in [0.29, 0.717) is 16.7 Å². The molecule has 23 heavy (non-hydrogen) atoms. The molecule has 0 amide bonds. The Hall–Kier alpha value is -1.43. The highest BCUT2D eigenvalue weighted by Crippen LogP contribution is 2.28. The van der Waals surface area contributed by atoms with Crippen LogP contribution in [0.25, 0.3) is 0 Å². The summed E-state index contributed by atoms with van der Waals surface area (Å²) >= 11 is 12.4. The molecule has 0 aliphatic rings. The molecule has 0 radical (unpaired) electrons. The molecule has 0 aliphatic carbocycles. The summed E-state index contributed by atoms with van der Waals surface area (Å²) in [4.78, 5) is 17.1. The lowest BCUT2D eigenvalue weighted by Crippen LogP contribution is -2.28. The third kappa shape index (κ3) is 4.31. The quantitative estimate of drug-likeness (QED) is 0.738. The molecule has 0 bridgehead atoms. The van der Waals surface area contributed by atoms with Gasteiger partial charge in [-0.1, -0.05) is 30.1 Å². The van der Waals surface area contributed by atoms with Gasteiger partial charge in [0.1, 0.15) is 17.3 Å². The van der Waals surface area contributed by atoms with E-state index in [9.17, 15) is 0 Å². The molecule has 0 spiro atoms. The van der Waals surface area contributed by atoms with Gasteiger partial charge in [-0.25, -0.2) is 9.97 Å². The summed E-state index contributed by atoms with van der Waals surface area (Å²) in [6, 6.07) is 3.77. The predicted molar refractivity (Wildman–Crippen MR) is 95.1 cm³/mol. The van der Waals surface area contributed by atoms with Crippen LogP contribution in [0.2, 0.25) is 10.2 Å². The Morgan fingerprint density at radius 1 is 1.17 bits per heavy atom. The zero-order chi connectivity index (χ0) is 17.0. The third-order valence-corrected chi connectivity index (χ3v) is 4.34. The molecule has 0 saturated carbocycles. The molecule has 0 saturated heterocycles. The van der Waals surface area contributed by atoms with Crippen molar-refractivity contribution in [1.29, 1.82) is 0 Å². The number of halogens is 2. The van der Waals surface area contributed by atoms with Gasteiger partial charge in [0.25, 0.3) is 0 Å². The summed E-state index contributed by atoms with van der Waals surface area (Å²) in [6.07, 6.45) is 3.21. The SMILES string of the molecule is CCN(Cc1c(Cl)ncnc1N(C)C)C(C)c1cc(Cl)ccn1. The van der Waals surface area contributed by atoms with E-state index in [1.807, 2.05) is 25.1 Å². The molecule has 0 N–H and O–H groups in total. The first kappa shape index (κ1) is 17.9. The summed E-state index contributed by atoms with van der Waals surface area (Å²) in [5.41, 5.74) is 1.84. The number of pyridine rings is 1. The van der Waals surface area contributed by atoms with Crippen molar-refractivity contribution >= 4 is 29.0 Å². The summed E-state index contributed by atoms with van der Waals surface area (Å²) in [7, 11) is 3.89. The molecule has 7 heteroatoms. The monoisotopic (exact) mass is 353 g/mol. The van der Waals surface area contributed by atoms with Crippen molar-refractivity contribution in [3.63, 3.8) is 0 Å². The van der Waals surface area contributed by atoms with Crippen molar-refractivity contribution in [1.82, 2.24) is 19.9 Å². The van der Waals surface area contributed by atoms with Crippen LogP contribution in [0.3, 0.4) is 0 Å². The van der Waals surface area contributed by atoms with Crippen molar-refractivity contribution in [3.8, 4) is 0 Å². The maximum Gasteiger partial charge on any atom is 0.139 e. The fourth-order valence-electron chi connectivity index (χ4n) is 2.47. The third-order valence-electron chi connectivity index (χ3n) is 3.78. The molecule has 0 fully saturated rings. The summed E-state index contributed by atoms with van der Waals surface area (Å²) in [5, 5.41) is 1.17. The minimum atomic E-state index is 0.102. The summed E-state index contributed by atoms with van der Waals surface area (Å²) in [6.45, 7) is 5.69. The van der Waals surface area contributed by atoms with E-state index >= 15 is 0 Å². The minimum absolute atomic E-state index is 0.102. The molecule has 1 atom stereocenters. The van der Waals surface area contributed by atoms with E-state index in [1.54, 1.807) is 12.3 Å². The lowest BCUT2D eigenvalue weighted by Gasteiger charge is -2.29. The molecule has 5 nitrogen and oxygen atoms in total. The Morgan fingerprint density at radius 2 is 1.91 bits per heavy atom. The zero-order valence-electron chi connectivity index (χ0n) is 13.8. The molecule has 0 aromatic carbocycles. The highest BCUT2D eigenvalue weighted by molar-refractivity contribution is 6.30. The second kappa shape index (κ2) is 7.90. The maximum atomic E-state index is 6.31. The van der Waals surface area contributed by atoms with Crippen LogP contribution in [0.15, 0.2) is 24.7 Å². The van der Waals surface area contributed by atoms with Gasteiger partial charge in [-0.05, 0) is 25.6 Å². The predicted octanol–water partition coefficient (Wildman–Crippen LogP) is 3.83. The Kier molecular flexibility index (Phi) is 6.16. The number of anilines is 1. The summed E-state index contributed by atoms with van der Waals surface area (Å²) in [5.74, 6) is 0.828. The first-order valence-electron chi connectivity index (χ1n) is 7.46. The van der Waals surface area contributed by atoms with E-state index in [2.05, 4.69) is 33.7 Å². The molecule has 2 aromatic rings. The summed E-state index contributed by atoms with van der Waals surface area (Å²) < 4.78 is 0. The van der Waals surface area contributed by atoms with E-state index in [4.69, 9.17) is 23.2 Å². The van der Waals surface area contributed by atoms with Crippen LogP contribution in [-0.4, -0.2) is 40.5 Å². The van der Waals surface area contributed by atoms with E-state index < -0.39 is 0 Å². The first-order valence-corrected chi connectivity index (χ1v) is 8.21. The molecule has 2 aromatic heterocycles. The molecule has 2 rings (SSSR count). The lowest BCUT2D eigenvalue weighted by molar-refractivity contribution is 0.209. The van der Waals surface area contributed by atoms with Crippen LogP contribution in [0.5, 0.6) is 0 Å². The van der Waals surface area contributed by atoms with Crippen LogP contribution in [0.4, 0.5) is 5.82 Å². The van der Waals surface area contributed by atoms with Gasteiger partial charge in [0.2, 0.25) is 0 Å². The van der Waals surface area contributed by atoms with Crippen molar-refractivity contribution in [2.45, 2.75) is 26.4 Å². The van der Waals surface area contributed by atoms with Crippen LogP contribution in [0, 0.1) is 0 Å². The molecular weight excluding hydrogens is 333 g/mol. The smallest absolute Gasteiger partial charge is 0.139 e. The van der Waals surface area contributed by atoms with Gasteiger partial charge in [0.05, 0.1) is 5.69 Å². The Balaban J connectivity index is 2.30. The average molecular weight is 354 g/mol. The molecule has 0 aliphatic heterocycles. The van der Waals surface area contributed by atoms with Gasteiger partial charge in [0, 0.05) is 43.5 Å². The van der Waals surface area contributed by atoms with Crippen LogP contribution in [-0.2, 0) is 6.54 Å². The first-order chi connectivity index (χ1) is 10.9. The number of hydrogen-bond donors (Lipinski definition) is 0. The van der Waals surface area contributed by atoms with Crippen LogP contribution >= 0.6 is 23.2 Å². The average Bonchev–Trinajstić information content (AvgIpc) is 2.52. The zero-order valence-corrected chi connectivity index (χ0v) is 15.3. The normalized spacial score (nSPS) is 12.5. The molecule has 2 heterocycles. The second-order valence-electron chi connectivity index (χ2n) is 5.50. The van der Waals surface area contributed by atoms with Gasteiger partial charge >= 0.3 is 0 Å². The number of hydrogen-bond acceptors (Lipinski definition) is 5. The van der Waals surface area contributed by atoms with Crippen molar-refractivity contribution < 1.29 is 0 Å². The van der Waals surface area contributed by atoms with Crippen LogP contribution < -0.4 is 4.90 Å². The Bertz CT molecular complexity index is 663. The van der Waals surface area contributed by atoms with Gasteiger partial charge in [0.15, 0.2) is 0 Å². The topological polar surface area (TPSA) is 45.2 Å². The molecule has 1 unspecified atom stereocenters. The number of rotatable bonds is 6. The molecule has 124 valence electrons. The maximum absolute atomic E-state index is 6.31. The van der Waals surface area contributed by atoms with Gasteiger partial charge < -0.3 is 4.90 Å². The number of aromatic nitrogens is 3. The van der Waals surface area contributed by atoms with E-state index in [1.165, 1.54) is 6.33 Å². The Morgan fingerprint density at radius 3 is 2.52 bits per heavy atom. The Labute approximate surface area is 147 Å². The van der Waals surface area contributed by atoms with Gasteiger partial charge in [-0.2, -0.15) is 0 Å². The van der Waals surface area contributed by atoms with Crippen molar-refractivity contribution in [2.75, 3.05) is 25.5 Å². The van der Waals surface area contributed by atoms with Gasteiger partial charge in [-0.15, -0.1) is 0 Å². The molecular formula is C16H21Cl2N5. The largest absolute Gasteiger partial charge is 0.362 e. The second-order valence-corrected chi connectivity index (χ2v) is 6.29. The highest BCUT2D eigenvalue weighted by atomic mass is 35.5.